The molecular formula is C31H31F6N3O3S. The van der Waals surface area contributed by atoms with Gasteiger partial charge < -0.3 is 4.74 Å². The maximum absolute atomic E-state index is 14.0. The van der Waals surface area contributed by atoms with Gasteiger partial charge in [0.1, 0.15) is 0 Å². The van der Waals surface area contributed by atoms with Crippen molar-refractivity contribution < 1.29 is 39.5 Å². The fourth-order valence-corrected chi connectivity index (χ4v) is 7.98. The number of hydrogen-bond acceptors (Lipinski definition) is 5. The predicted octanol–water partition coefficient (Wildman–Crippen LogP) is 8.31. The third-order valence-electron chi connectivity index (χ3n) is 9.00. The van der Waals surface area contributed by atoms with Crippen molar-refractivity contribution in [3.63, 3.8) is 0 Å². The van der Waals surface area contributed by atoms with Crippen molar-refractivity contribution in [3.8, 4) is 17.1 Å². The van der Waals surface area contributed by atoms with Crippen LogP contribution in [0.15, 0.2) is 53.4 Å². The number of aromatic nitrogens is 2. The van der Waals surface area contributed by atoms with Gasteiger partial charge >= 0.3 is 12.4 Å². The number of hydrogen-bond donors (Lipinski definition) is 1. The number of ether oxygens (including phenoxy) is 1. The molecule has 1 unspecified atom stereocenters. The summed E-state index contributed by atoms with van der Waals surface area (Å²) in [6.45, 7) is 4.18. The Bertz CT molecular complexity index is 1650. The predicted molar refractivity (Wildman–Crippen MR) is 150 cm³/mol. The third kappa shape index (κ3) is 5.99. The molecule has 6 nitrogen and oxygen atoms in total. The summed E-state index contributed by atoms with van der Waals surface area (Å²) in [5.74, 6) is -0.726. The summed E-state index contributed by atoms with van der Waals surface area (Å²) in [4.78, 5) is 7.83. The van der Waals surface area contributed by atoms with Gasteiger partial charge in [0, 0.05) is 17.5 Å². The van der Waals surface area contributed by atoms with Crippen LogP contribution in [0.5, 0.6) is 5.88 Å². The van der Waals surface area contributed by atoms with E-state index in [1.54, 1.807) is 12.1 Å². The summed E-state index contributed by atoms with van der Waals surface area (Å²) in [5, 5.41) is 0. The van der Waals surface area contributed by atoms with Crippen LogP contribution in [0.2, 0.25) is 0 Å². The first-order chi connectivity index (χ1) is 20.5. The van der Waals surface area contributed by atoms with Gasteiger partial charge in [-0.15, -0.1) is 0 Å². The van der Waals surface area contributed by atoms with E-state index in [-0.39, 0.29) is 41.1 Å². The Labute approximate surface area is 251 Å². The van der Waals surface area contributed by atoms with Crippen molar-refractivity contribution in [1.29, 1.82) is 0 Å². The highest BCUT2D eigenvalue weighted by Gasteiger charge is 2.55. The molecule has 3 aliphatic rings. The largest absolute Gasteiger partial charge is 0.477 e. The van der Waals surface area contributed by atoms with Crippen LogP contribution >= 0.6 is 0 Å². The molecular weight excluding hydrogens is 608 g/mol. The molecule has 6 rings (SSSR count). The molecule has 2 fully saturated rings. The highest BCUT2D eigenvalue weighted by molar-refractivity contribution is 7.92. The third-order valence-corrected chi connectivity index (χ3v) is 10.3. The van der Waals surface area contributed by atoms with E-state index in [2.05, 4.69) is 28.5 Å². The molecule has 2 aromatic carbocycles. The number of anilines is 1. The molecule has 0 amide bonds. The van der Waals surface area contributed by atoms with Crippen LogP contribution in [0.25, 0.3) is 11.3 Å². The Morgan fingerprint density at radius 2 is 1.59 bits per heavy atom. The lowest BCUT2D eigenvalue weighted by Crippen LogP contribution is -2.36. The molecule has 4 bridgehead atoms. The van der Waals surface area contributed by atoms with Crippen LogP contribution in [0.3, 0.4) is 0 Å². The van der Waals surface area contributed by atoms with E-state index in [0.29, 0.717) is 30.0 Å². The Morgan fingerprint density at radius 1 is 0.955 bits per heavy atom. The summed E-state index contributed by atoms with van der Waals surface area (Å²) in [7, 11) is -4.39. The van der Waals surface area contributed by atoms with Gasteiger partial charge in [-0.3, -0.25) is 0 Å². The fraction of sp³-hybridized carbons (Fsp3) is 0.484. The van der Waals surface area contributed by atoms with Gasteiger partial charge in [0.2, 0.25) is 11.8 Å². The van der Waals surface area contributed by atoms with Gasteiger partial charge in [0.05, 0.1) is 28.3 Å². The summed E-state index contributed by atoms with van der Waals surface area (Å²) >= 11 is 0. The average molecular weight is 640 g/mol. The van der Waals surface area contributed by atoms with E-state index in [9.17, 15) is 34.8 Å². The van der Waals surface area contributed by atoms with E-state index in [0.717, 1.165) is 24.5 Å². The number of benzene rings is 2. The monoisotopic (exact) mass is 639 g/mol. The lowest BCUT2D eigenvalue weighted by molar-refractivity contribution is -0.142. The van der Waals surface area contributed by atoms with Gasteiger partial charge in [-0.25, -0.2) is 18.1 Å². The smallest absolute Gasteiger partial charge is 0.417 e. The zero-order valence-electron chi connectivity index (χ0n) is 24.0. The van der Waals surface area contributed by atoms with Crippen molar-refractivity contribution >= 4 is 16.0 Å². The van der Waals surface area contributed by atoms with E-state index in [1.807, 2.05) is 6.07 Å². The average Bonchev–Trinajstić information content (AvgIpc) is 3.71. The highest BCUT2D eigenvalue weighted by Crippen LogP contribution is 2.67. The van der Waals surface area contributed by atoms with Crippen LogP contribution in [0.1, 0.15) is 68.6 Å². The van der Waals surface area contributed by atoms with E-state index < -0.39 is 50.7 Å². The van der Waals surface area contributed by atoms with Gasteiger partial charge in [-0.1, -0.05) is 32.0 Å². The van der Waals surface area contributed by atoms with Crippen LogP contribution in [-0.4, -0.2) is 25.0 Å². The van der Waals surface area contributed by atoms with Gasteiger partial charge in [0.25, 0.3) is 10.0 Å². The quantitative estimate of drug-likeness (QED) is 0.291. The van der Waals surface area contributed by atoms with Crippen molar-refractivity contribution in [1.82, 2.24) is 9.97 Å². The molecule has 3 aromatic rings. The van der Waals surface area contributed by atoms with Gasteiger partial charge in [0.15, 0.2) is 0 Å². The minimum atomic E-state index is -5.17. The summed E-state index contributed by atoms with van der Waals surface area (Å²) < 4.78 is 120. The number of nitrogens with one attached hydrogen (secondary N) is 1. The zero-order valence-corrected chi connectivity index (χ0v) is 24.8. The Hall–Kier alpha value is -3.35. The number of rotatable bonds is 4. The van der Waals surface area contributed by atoms with Crippen LogP contribution in [0.4, 0.5) is 32.3 Å². The fourth-order valence-electron chi connectivity index (χ4n) is 6.98. The van der Waals surface area contributed by atoms with Crippen molar-refractivity contribution in [2.24, 2.45) is 23.2 Å². The van der Waals surface area contributed by atoms with Crippen molar-refractivity contribution in [3.05, 3.63) is 65.2 Å². The van der Waals surface area contributed by atoms with Crippen LogP contribution in [0, 0.1) is 23.2 Å². The first-order valence-electron chi connectivity index (χ1n) is 14.5. The lowest BCUT2D eigenvalue weighted by Gasteiger charge is -2.45. The minimum Gasteiger partial charge on any atom is -0.477 e. The Morgan fingerprint density at radius 3 is 2.18 bits per heavy atom. The molecule has 0 radical (unpaired) electrons. The first kappa shape index (κ1) is 30.7. The molecule has 236 valence electrons. The maximum Gasteiger partial charge on any atom is 0.417 e. The van der Waals surface area contributed by atoms with E-state index in [1.165, 1.54) is 18.9 Å². The highest BCUT2D eigenvalue weighted by atomic mass is 32.2. The van der Waals surface area contributed by atoms with E-state index >= 15 is 0 Å². The molecule has 2 atom stereocenters. The molecule has 44 heavy (non-hydrogen) atoms. The number of sulfonamides is 1. The number of halogens is 6. The first-order valence-corrected chi connectivity index (χ1v) is 16.0. The van der Waals surface area contributed by atoms with Gasteiger partial charge in [-0.2, -0.15) is 31.3 Å². The second-order valence-electron chi connectivity index (χ2n) is 12.7. The SMILES string of the molecule is CC(C)C[C@@H]1COc2cc(-c3c(C(F)(F)F)cccc3C(F)(F)F)nc(n2)NS(=O)(=O)c2cccc(c2)C1C1CC2(CC2)C1. The Kier molecular flexibility index (Phi) is 7.41. The molecule has 13 heteroatoms. The summed E-state index contributed by atoms with van der Waals surface area (Å²) in [5.41, 5.74) is -3.95. The number of fused-ring (bicyclic) bond motifs is 4. The molecule has 2 aliphatic carbocycles. The number of alkyl halides is 6. The standard InChI is InChI=1S/C31H31F6N3O3S/c1-17(2)11-19-16-43-25-13-24(27-22(30(32,33)34)7-4-8-23(27)31(35,36)37)38-28(39-25)40-44(41,42)21-6-3-5-18(12-21)26(19)20-14-29(15-20)9-10-29/h3-8,12-13,17,19-20,26H,9-11,14-16H2,1-2H3,(H,38,39,40)/t19-,26?/m1/s1. The second-order valence-corrected chi connectivity index (χ2v) is 14.4. The molecule has 1 spiro atoms. The second kappa shape index (κ2) is 10.6. The molecule has 1 aliphatic heterocycles. The van der Waals surface area contributed by atoms with Gasteiger partial charge in [-0.05, 0) is 85.1 Å². The summed E-state index contributed by atoms with van der Waals surface area (Å²) in [6, 6.07) is 9.14. The zero-order chi connectivity index (χ0) is 31.7. The number of nitrogens with zero attached hydrogens (tertiary/aromatic N) is 2. The molecule has 0 saturated heterocycles. The van der Waals surface area contributed by atoms with Crippen molar-refractivity contribution in [2.45, 2.75) is 69.1 Å². The van der Waals surface area contributed by atoms with E-state index in [4.69, 9.17) is 4.74 Å². The minimum absolute atomic E-state index is 0.0678. The van der Waals surface area contributed by atoms with Crippen LogP contribution in [-0.2, 0) is 22.4 Å². The van der Waals surface area contributed by atoms with Crippen molar-refractivity contribution in [2.75, 3.05) is 11.3 Å². The lowest BCUT2D eigenvalue weighted by atomic mass is 9.60. The maximum atomic E-state index is 14.0. The van der Waals surface area contributed by atoms with Crippen LogP contribution < -0.4 is 9.46 Å². The molecule has 1 N–H and O–H groups in total. The summed E-state index contributed by atoms with van der Waals surface area (Å²) in [6.07, 6.45) is -5.27. The molecule has 2 saturated carbocycles. The Balaban J connectivity index is 1.51. The normalized spacial score (nSPS) is 22.8. The molecule has 1 aromatic heterocycles. The topological polar surface area (TPSA) is 81.2 Å². The molecule has 2 heterocycles.